The molecule has 1 nitrogen and oxygen atoms in total. The van der Waals surface area contributed by atoms with Crippen molar-refractivity contribution < 1.29 is 17.9 Å². The van der Waals surface area contributed by atoms with Crippen LogP contribution in [0.4, 0.5) is 13.2 Å². The van der Waals surface area contributed by atoms with E-state index < -0.39 is 11.7 Å². The van der Waals surface area contributed by atoms with Crippen molar-refractivity contribution in [3.05, 3.63) is 35.4 Å². The second kappa shape index (κ2) is 7.34. The SMILES string of the molecule is [B]C1CCCCC(OCc2cccc(C(F)(F)F)c2)CC1. The van der Waals surface area contributed by atoms with Crippen molar-refractivity contribution in [3.8, 4) is 0 Å². The number of ether oxygens (including phenoxy) is 1. The smallest absolute Gasteiger partial charge is 0.374 e. The van der Waals surface area contributed by atoms with Crippen LogP contribution in [0.2, 0.25) is 5.82 Å². The van der Waals surface area contributed by atoms with Gasteiger partial charge in [-0.1, -0.05) is 43.6 Å². The molecule has 1 aliphatic carbocycles. The molecule has 2 radical (unpaired) electrons. The summed E-state index contributed by atoms with van der Waals surface area (Å²) in [4.78, 5) is 0. The molecule has 1 fully saturated rings. The zero-order valence-electron chi connectivity index (χ0n) is 12.0. The van der Waals surface area contributed by atoms with Gasteiger partial charge in [0.15, 0.2) is 0 Å². The summed E-state index contributed by atoms with van der Waals surface area (Å²) in [5.74, 6) is 0.227. The monoisotopic (exact) mass is 296 g/mol. The molecule has 1 aliphatic rings. The topological polar surface area (TPSA) is 9.23 Å². The fourth-order valence-electron chi connectivity index (χ4n) is 2.69. The lowest BCUT2D eigenvalue weighted by atomic mass is 9.77. The van der Waals surface area contributed by atoms with Crippen molar-refractivity contribution in [3.63, 3.8) is 0 Å². The summed E-state index contributed by atoms with van der Waals surface area (Å²) in [6, 6.07) is 5.34. The molecule has 1 aromatic carbocycles. The Bertz CT molecular complexity index is 447. The predicted molar refractivity (Wildman–Crippen MR) is 77.2 cm³/mol. The first kappa shape index (κ1) is 16.4. The third-order valence-corrected chi connectivity index (χ3v) is 3.95. The van der Waals surface area contributed by atoms with Crippen LogP contribution in [0.1, 0.15) is 49.7 Å². The van der Waals surface area contributed by atoms with Gasteiger partial charge in [0.05, 0.1) is 26.1 Å². The van der Waals surface area contributed by atoms with Crippen LogP contribution in [-0.2, 0) is 17.5 Å². The summed E-state index contributed by atoms with van der Waals surface area (Å²) in [6.07, 6.45) is 1.81. The Morgan fingerprint density at radius 3 is 2.62 bits per heavy atom. The summed E-state index contributed by atoms with van der Waals surface area (Å²) < 4.78 is 43.7. The van der Waals surface area contributed by atoms with Crippen molar-refractivity contribution in [1.29, 1.82) is 0 Å². The number of hydrogen-bond acceptors (Lipinski definition) is 1. The number of alkyl halides is 3. The Balaban J connectivity index is 1.90. The molecule has 0 spiro atoms. The van der Waals surface area contributed by atoms with Crippen LogP contribution >= 0.6 is 0 Å². The molecule has 2 rings (SSSR count). The zero-order valence-corrected chi connectivity index (χ0v) is 12.0. The molecule has 0 aromatic heterocycles. The molecule has 5 heteroatoms. The van der Waals surface area contributed by atoms with Gasteiger partial charge in [-0.15, -0.1) is 0 Å². The van der Waals surface area contributed by atoms with Crippen molar-refractivity contribution in [2.75, 3.05) is 0 Å². The van der Waals surface area contributed by atoms with Crippen LogP contribution < -0.4 is 0 Å². The fraction of sp³-hybridized carbons (Fsp3) is 0.625. The lowest BCUT2D eigenvalue weighted by molar-refractivity contribution is -0.137. The maximum Gasteiger partial charge on any atom is 0.416 e. The quantitative estimate of drug-likeness (QED) is 0.721. The van der Waals surface area contributed by atoms with Gasteiger partial charge in [0, 0.05) is 0 Å². The Labute approximate surface area is 125 Å². The summed E-state index contributed by atoms with van der Waals surface area (Å²) in [5.41, 5.74) is -0.0560. The lowest BCUT2D eigenvalue weighted by Crippen LogP contribution is -2.16. The molecular formula is C16H20BF3O. The number of hydrogen-bond donors (Lipinski definition) is 0. The van der Waals surface area contributed by atoms with Gasteiger partial charge < -0.3 is 4.74 Å². The van der Waals surface area contributed by atoms with Gasteiger partial charge in [-0.3, -0.25) is 0 Å². The lowest BCUT2D eigenvalue weighted by Gasteiger charge is -2.23. The molecule has 0 bridgehead atoms. The minimum absolute atomic E-state index is 0.103. The third kappa shape index (κ3) is 5.38. The molecule has 1 aromatic rings. The predicted octanol–water partition coefficient (Wildman–Crippen LogP) is 4.90. The number of benzene rings is 1. The number of rotatable bonds is 3. The van der Waals surface area contributed by atoms with Crippen molar-refractivity contribution in [2.24, 2.45) is 0 Å². The maximum atomic E-state index is 12.6. The van der Waals surface area contributed by atoms with Gasteiger partial charge in [-0.2, -0.15) is 13.2 Å². The van der Waals surface area contributed by atoms with E-state index in [1.165, 1.54) is 6.07 Å². The van der Waals surface area contributed by atoms with E-state index in [1.807, 2.05) is 0 Å². The molecule has 114 valence electrons. The van der Waals surface area contributed by atoms with E-state index in [2.05, 4.69) is 0 Å². The Kier molecular flexibility index (Phi) is 5.74. The molecule has 0 N–H and O–H groups in total. The van der Waals surface area contributed by atoms with E-state index in [0.717, 1.165) is 50.7 Å². The zero-order chi connectivity index (χ0) is 15.3. The second-order valence-electron chi connectivity index (χ2n) is 5.75. The van der Waals surface area contributed by atoms with Crippen molar-refractivity contribution >= 4 is 7.85 Å². The summed E-state index contributed by atoms with van der Waals surface area (Å²) in [6.45, 7) is 0.226. The third-order valence-electron chi connectivity index (χ3n) is 3.95. The average Bonchev–Trinajstić information content (AvgIpc) is 2.42. The molecular weight excluding hydrogens is 276 g/mol. The second-order valence-corrected chi connectivity index (χ2v) is 5.75. The summed E-state index contributed by atoms with van der Waals surface area (Å²) in [7, 11) is 5.96. The minimum atomic E-state index is -4.30. The van der Waals surface area contributed by atoms with E-state index in [4.69, 9.17) is 12.6 Å². The highest BCUT2D eigenvalue weighted by Crippen LogP contribution is 2.30. The van der Waals surface area contributed by atoms with E-state index in [9.17, 15) is 13.2 Å². The van der Waals surface area contributed by atoms with Gasteiger partial charge in [0.2, 0.25) is 0 Å². The first-order chi connectivity index (χ1) is 9.95. The Morgan fingerprint density at radius 1 is 1.10 bits per heavy atom. The molecule has 0 saturated heterocycles. The van der Waals surface area contributed by atoms with Gasteiger partial charge >= 0.3 is 6.18 Å². The van der Waals surface area contributed by atoms with Crippen LogP contribution in [-0.4, -0.2) is 14.0 Å². The van der Waals surface area contributed by atoms with E-state index in [-0.39, 0.29) is 18.5 Å². The Morgan fingerprint density at radius 2 is 1.86 bits per heavy atom. The number of halogens is 3. The minimum Gasteiger partial charge on any atom is -0.374 e. The van der Waals surface area contributed by atoms with Crippen molar-refractivity contribution in [2.45, 2.75) is 63.2 Å². The summed E-state index contributed by atoms with van der Waals surface area (Å²) >= 11 is 0. The molecule has 2 unspecified atom stereocenters. The van der Waals surface area contributed by atoms with Gasteiger partial charge in [0.25, 0.3) is 0 Å². The highest BCUT2D eigenvalue weighted by molar-refractivity contribution is 6.11. The standard InChI is InChI=1S/C16H20BF3O/c17-14-6-1-2-7-15(9-8-14)21-11-12-4-3-5-13(10-12)16(18,19)20/h3-5,10,14-15H,1-2,6-9,11H2. The van der Waals surface area contributed by atoms with Gasteiger partial charge in [-0.25, -0.2) is 0 Å². The van der Waals surface area contributed by atoms with Crippen LogP contribution in [0.15, 0.2) is 24.3 Å². The Hall–Kier alpha value is -0.965. The highest BCUT2D eigenvalue weighted by atomic mass is 19.4. The maximum absolute atomic E-state index is 12.6. The largest absolute Gasteiger partial charge is 0.416 e. The van der Waals surface area contributed by atoms with Crippen molar-refractivity contribution in [1.82, 2.24) is 0 Å². The van der Waals surface area contributed by atoms with Gasteiger partial charge in [-0.05, 0) is 30.5 Å². The van der Waals surface area contributed by atoms with E-state index in [0.29, 0.717) is 5.56 Å². The van der Waals surface area contributed by atoms with Gasteiger partial charge in [0.1, 0.15) is 0 Å². The van der Waals surface area contributed by atoms with E-state index in [1.54, 1.807) is 6.07 Å². The van der Waals surface area contributed by atoms with Crippen LogP contribution in [0, 0.1) is 0 Å². The molecule has 1 saturated carbocycles. The first-order valence-electron chi connectivity index (χ1n) is 7.48. The first-order valence-corrected chi connectivity index (χ1v) is 7.48. The molecule has 0 heterocycles. The normalized spacial score (nSPS) is 24.3. The molecule has 0 amide bonds. The summed E-state index contributed by atoms with van der Waals surface area (Å²) in [5, 5.41) is 0. The molecule has 21 heavy (non-hydrogen) atoms. The fourth-order valence-corrected chi connectivity index (χ4v) is 2.69. The molecule has 0 aliphatic heterocycles. The van der Waals surface area contributed by atoms with Crippen LogP contribution in [0.25, 0.3) is 0 Å². The molecule has 2 atom stereocenters. The van der Waals surface area contributed by atoms with E-state index >= 15 is 0 Å². The average molecular weight is 296 g/mol. The highest BCUT2D eigenvalue weighted by Gasteiger charge is 2.30. The van der Waals surface area contributed by atoms with Crippen LogP contribution in [0.5, 0.6) is 0 Å². The van der Waals surface area contributed by atoms with Crippen LogP contribution in [0.3, 0.4) is 0 Å².